The predicted octanol–water partition coefficient (Wildman–Crippen LogP) is 2.81. The Kier molecular flexibility index (Phi) is 4.83. The Hall–Kier alpha value is -2.04. The van der Waals surface area contributed by atoms with E-state index >= 15 is 0 Å². The van der Waals surface area contributed by atoms with E-state index in [4.69, 9.17) is 4.74 Å². The SMILES string of the molecule is COc1cc(NC(=O)C(C)C)ccc1N1CCCCC1=O. The van der Waals surface area contributed by atoms with Crippen molar-refractivity contribution in [3.63, 3.8) is 0 Å². The van der Waals surface area contributed by atoms with E-state index in [-0.39, 0.29) is 17.7 Å². The van der Waals surface area contributed by atoms with Crippen LogP contribution in [0.4, 0.5) is 11.4 Å². The lowest BCUT2D eigenvalue weighted by molar-refractivity contribution is -0.120. The lowest BCUT2D eigenvalue weighted by Crippen LogP contribution is -2.35. The van der Waals surface area contributed by atoms with Crippen LogP contribution in [0, 0.1) is 5.92 Å². The zero-order chi connectivity index (χ0) is 15.4. The van der Waals surface area contributed by atoms with Crippen LogP contribution in [0.15, 0.2) is 18.2 Å². The van der Waals surface area contributed by atoms with Crippen molar-refractivity contribution < 1.29 is 14.3 Å². The fourth-order valence-electron chi connectivity index (χ4n) is 2.33. The molecule has 0 aliphatic carbocycles. The minimum atomic E-state index is -0.0839. The number of nitrogens with one attached hydrogen (secondary N) is 1. The van der Waals surface area contributed by atoms with Crippen molar-refractivity contribution in [3.05, 3.63) is 18.2 Å². The molecule has 0 radical (unpaired) electrons. The average molecular weight is 290 g/mol. The van der Waals surface area contributed by atoms with Crippen molar-refractivity contribution in [1.82, 2.24) is 0 Å². The van der Waals surface area contributed by atoms with E-state index in [1.165, 1.54) is 0 Å². The molecule has 1 heterocycles. The van der Waals surface area contributed by atoms with E-state index in [1.807, 2.05) is 19.9 Å². The minimum Gasteiger partial charge on any atom is -0.494 e. The van der Waals surface area contributed by atoms with Crippen molar-refractivity contribution >= 4 is 23.2 Å². The van der Waals surface area contributed by atoms with Crippen LogP contribution < -0.4 is 15.0 Å². The highest BCUT2D eigenvalue weighted by Gasteiger charge is 2.22. The van der Waals surface area contributed by atoms with Crippen molar-refractivity contribution in [1.29, 1.82) is 0 Å². The number of hydrogen-bond acceptors (Lipinski definition) is 3. The summed E-state index contributed by atoms with van der Waals surface area (Å²) in [5, 5.41) is 2.84. The minimum absolute atomic E-state index is 0.0427. The molecule has 21 heavy (non-hydrogen) atoms. The Morgan fingerprint density at radius 2 is 2.10 bits per heavy atom. The first kappa shape index (κ1) is 15.4. The highest BCUT2D eigenvalue weighted by molar-refractivity contribution is 5.97. The monoisotopic (exact) mass is 290 g/mol. The van der Waals surface area contributed by atoms with Crippen LogP contribution in [0.5, 0.6) is 5.75 Å². The van der Waals surface area contributed by atoms with Gasteiger partial charge in [0.2, 0.25) is 11.8 Å². The Balaban J connectivity index is 2.24. The Morgan fingerprint density at radius 3 is 2.71 bits per heavy atom. The summed E-state index contributed by atoms with van der Waals surface area (Å²) >= 11 is 0. The van der Waals surface area contributed by atoms with Gasteiger partial charge in [0.05, 0.1) is 12.8 Å². The van der Waals surface area contributed by atoms with E-state index in [0.29, 0.717) is 24.4 Å². The maximum absolute atomic E-state index is 12.0. The molecule has 1 saturated heterocycles. The third kappa shape index (κ3) is 3.54. The fourth-order valence-corrected chi connectivity index (χ4v) is 2.33. The number of anilines is 2. The summed E-state index contributed by atoms with van der Waals surface area (Å²) < 4.78 is 5.38. The number of nitrogens with zero attached hydrogens (tertiary/aromatic N) is 1. The highest BCUT2D eigenvalue weighted by atomic mass is 16.5. The number of amides is 2. The van der Waals surface area contributed by atoms with E-state index in [9.17, 15) is 9.59 Å². The molecule has 114 valence electrons. The normalized spacial score (nSPS) is 15.2. The van der Waals surface area contributed by atoms with Gasteiger partial charge >= 0.3 is 0 Å². The van der Waals surface area contributed by atoms with Crippen LogP contribution in [0.2, 0.25) is 0 Å². The largest absolute Gasteiger partial charge is 0.494 e. The molecule has 2 amide bonds. The predicted molar refractivity (Wildman–Crippen MR) is 82.7 cm³/mol. The van der Waals surface area contributed by atoms with E-state index in [2.05, 4.69) is 5.32 Å². The highest BCUT2D eigenvalue weighted by Crippen LogP contribution is 2.33. The Labute approximate surface area is 125 Å². The molecule has 0 bridgehead atoms. The molecule has 1 aromatic rings. The molecule has 0 spiro atoms. The summed E-state index contributed by atoms with van der Waals surface area (Å²) in [4.78, 5) is 25.5. The standard InChI is InChI=1S/C16H22N2O3/c1-11(2)16(20)17-12-7-8-13(14(10-12)21-3)18-9-5-4-6-15(18)19/h7-8,10-11H,4-6,9H2,1-3H3,(H,17,20). The maximum Gasteiger partial charge on any atom is 0.227 e. The van der Waals surface area contributed by atoms with Gasteiger partial charge in [-0.25, -0.2) is 0 Å². The Morgan fingerprint density at radius 1 is 1.33 bits per heavy atom. The van der Waals surface area contributed by atoms with Gasteiger partial charge in [-0.15, -0.1) is 0 Å². The van der Waals surface area contributed by atoms with Crippen molar-refractivity contribution in [2.75, 3.05) is 23.9 Å². The molecular weight excluding hydrogens is 268 g/mol. The van der Waals surface area contributed by atoms with Crippen molar-refractivity contribution in [3.8, 4) is 5.75 Å². The van der Waals surface area contributed by atoms with Gasteiger partial charge in [-0.1, -0.05) is 13.8 Å². The quantitative estimate of drug-likeness (QED) is 0.927. The zero-order valence-electron chi connectivity index (χ0n) is 12.8. The van der Waals surface area contributed by atoms with Gasteiger partial charge in [0.1, 0.15) is 5.75 Å². The van der Waals surface area contributed by atoms with Gasteiger partial charge in [-0.2, -0.15) is 0 Å². The number of hydrogen-bond donors (Lipinski definition) is 1. The molecule has 0 unspecified atom stereocenters. The molecule has 0 atom stereocenters. The molecule has 5 heteroatoms. The van der Waals surface area contributed by atoms with E-state index in [1.54, 1.807) is 24.1 Å². The first-order valence-corrected chi connectivity index (χ1v) is 7.32. The second-order valence-corrected chi connectivity index (χ2v) is 5.53. The van der Waals surface area contributed by atoms with Crippen LogP contribution in [0.3, 0.4) is 0 Å². The number of rotatable bonds is 4. The molecule has 0 saturated carbocycles. The molecule has 2 rings (SSSR count). The smallest absolute Gasteiger partial charge is 0.227 e. The van der Waals surface area contributed by atoms with Crippen LogP contribution in [-0.2, 0) is 9.59 Å². The first-order chi connectivity index (χ1) is 10.0. The number of ether oxygens (including phenoxy) is 1. The summed E-state index contributed by atoms with van der Waals surface area (Å²) in [5.74, 6) is 0.600. The second-order valence-electron chi connectivity index (χ2n) is 5.53. The number of methoxy groups -OCH3 is 1. The molecule has 0 aromatic heterocycles. The molecule has 1 aromatic carbocycles. The topological polar surface area (TPSA) is 58.6 Å². The number of piperidine rings is 1. The zero-order valence-corrected chi connectivity index (χ0v) is 12.8. The lowest BCUT2D eigenvalue weighted by Gasteiger charge is -2.28. The second kappa shape index (κ2) is 6.61. The van der Waals surface area contributed by atoms with Crippen LogP contribution >= 0.6 is 0 Å². The number of benzene rings is 1. The first-order valence-electron chi connectivity index (χ1n) is 7.32. The van der Waals surface area contributed by atoms with Gasteiger partial charge in [-0.05, 0) is 25.0 Å². The summed E-state index contributed by atoms with van der Waals surface area (Å²) in [5.41, 5.74) is 1.45. The third-order valence-electron chi connectivity index (χ3n) is 3.59. The summed E-state index contributed by atoms with van der Waals surface area (Å²) in [7, 11) is 1.57. The van der Waals surface area contributed by atoms with Crippen LogP contribution in [0.25, 0.3) is 0 Å². The van der Waals surface area contributed by atoms with Crippen molar-refractivity contribution in [2.45, 2.75) is 33.1 Å². The summed E-state index contributed by atoms with van der Waals surface area (Å²) in [6.45, 7) is 4.40. The van der Waals surface area contributed by atoms with E-state index in [0.717, 1.165) is 18.5 Å². The molecular formula is C16H22N2O3. The molecule has 1 N–H and O–H groups in total. The molecule has 1 aliphatic rings. The van der Waals surface area contributed by atoms with Crippen LogP contribution in [0.1, 0.15) is 33.1 Å². The number of carbonyl (C=O) groups is 2. The van der Waals surface area contributed by atoms with Crippen LogP contribution in [-0.4, -0.2) is 25.5 Å². The third-order valence-corrected chi connectivity index (χ3v) is 3.59. The number of carbonyl (C=O) groups excluding carboxylic acids is 2. The van der Waals surface area contributed by atoms with Gasteiger partial charge in [0.15, 0.2) is 0 Å². The summed E-state index contributed by atoms with van der Waals surface area (Å²) in [6, 6.07) is 5.40. The molecule has 1 fully saturated rings. The lowest BCUT2D eigenvalue weighted by atomic mass is 10.1. The van der Waals surface area contributed by atoms with Gasteiger partial charge in [-0.3, -0.25) is 9.59 Å². The van der Waals surface area contributed by atoms with Gasteiger partial charge in [0, 0.05) is 30.6 Å². The van der Waals surface area contributed by atoms with Crippen molar-refractivity contribution in [2.24, 2.45) is 5.92 Å². The van der Waals surface area contributed by atoms with Gasteiger partial charge in [0.25, 0.3) is 0 Å². The van der Waals surface area contributed by atoms with Gasteiger partial charge < -0.3 is 15.0 Å². The maximum atomic E-state index is 12.0. The summed E-state index contributed by atoms with van der Waals surface area (Å²) in [6.07, 6.45) is 2.52. The average Bonchev–Trinajstić information content (AvgIpc) is 2.47. The van der Waals surface area contributed by atoms with E-state index < -0.39 is 0 Å². The molecule has 1 aliphatic heterocycles. The molecule has 5 nitrogen and oxygen atoms in total. The Bertz CT molecular complexity index is 540. The fraction of sp³-hybridized carbons (Fsp3) is 0.500.